The molecule has 0 spiro atoms. The standard InChI is InChI=1S/C47H94O19/c48-15-17-53-19-21-55-23-25-57-27-29-59-31-33-61-35-37-63-39-41-65-43-45-66-44-42-64-40-38-62-36-34-60-32-30-58-28-26-56-24-22-54-20-18-52-16-11-7-6-9-13-46(49)12-8-4-2-1-3-5-10-14-47(50)51/h46,48-49H,1-45H2,(H,50,51)/t46-/m1/s1. The number of carboxylic acids is 1. The lowest BCUT2D eigenvalue weighted by molar-refractivity contribution is -0.137. The highest BCUT2D eigenvalue weighted by Crippen LogP contribution is 2.14. The van der Waals surface area contributed by atoms with E-state index in [2.05, 4.69) is 0 Å². The molecular formula is C47H94O19. The number of ether oxygens (including phenoxy) is 15. The van der Waals surface area contributed by atoms with Crippen molar-refractivity contribution in [3.63, 3.8) is 0 Å². The second-order valence-corrected chi connectivity index (χ2v) is 15.2. The summed E-state index contributed by atoms with van der Waals surface area (Å²) in [6.07, 6.45) is 13.6. The van der Waals surface area contributed by atoms with Crippen LogP contribution in [-0.2, 0) is 75.8 Å². The number of aliphatic hydroxyl groups is 2. The zero-order valence-electron chi connectivity index (χ0n) is 40.8. The summed E-state index contributed by atoms with van der Waals surface area (Å²) >= 11 is 0. The second-order valence-electron chi connectivity index (χ2n) is 15.2. The molecule has 0 aromatic rings. The third-order valence-electron chi connectivity index (χ3n) is 9.45. The minimum Gasteiger partial charge on any atom is -0.481 e. The van der Waals surface area contributed by atoms with E-state index in [0.717, 1.165) is 83.7 Å². The zero-order valence-corrected chi connectivity index (χ0v) is 40.8. The SMILES string of the molecule is O=C(O)CCCCCCCCC[C@@H](O)CCCCCCOCCOCCOCCOCCOCCOCCOCCOCCOCCOCCOCCOCCOCCOCCOCCO. The number of aliphatic carboxylic acids is 1. The van der Waals surface area contributed by atoms with Gasteiger partial charge in [0.05, 0.1) is 204 Å². The van der Waals surface area contributed by atoms with Gasteiger partial charge in [-0.15, -0.1) is 0 Å². The van der Waals surface area contributed by atoms with Gasteiger partial charge in [-0.3, -0.25) is 4.79 Å². The molecule has 0 aliphatic rings. The van der Waals surface area contributed by atoms with Gasteiger partial charge in [0.15, 0.2) is 0 Å². The lowest BCUT2D eigenvalue weighted by Crippen LogP contribution is -2.15. The van der Waals surface area contributed by atoms with Crippen molar-refractivity contribution in [2.75, 3.05) is 205 Å². The van der Waals surface area contributed by atoms with Gasteiger partial charge >= 0.3 is 5.97 Å². The van der Waals surface area contributed by atoms with Crippen LogP contribution in [0.1, 0.15) is 89.9 Å². The summed E-state index contributed by atoms with van der Waals surface area (Å²) in [5.41, 5.74) is 0. The minimum absolute atomic E-state index is 0.0197. The van der Waals surface area contributed by atoms with Crippen molar-refractivity contribution in [3.05, 3.63) is 0 Å². The summed E-state index contributed by atoms with van der Waals surface area (Å²) in [6.45, 7) is 15.1. The quantitative estimate of drug-likeness (QED) is 0.0731. The maximum atomic E-state index is 10.5. The molecule has 0 aromatic heterocycles. The first-order chi connectivity index (χ1) is 32.7. The molecule has 0 fully saturated rings. The molecule has 0 aliphatic heterocycles. The monoisotopic (exact) mass is 963 g/mol. The van der Waals surface area contributed by atoms with E-state index >= 15 is 0 Å². The topological polar surface area (TPSA) is 216 Å². The molecule has 0 bridgehead atoms. The second kappa shape index (κ2) is 59.9. The number of hydrogen-bond donors (Lipinski definition) is 3. The molecule has 396 valence electrons. The number of carboxylic acid groups (broad SMARTS) is 1. The van der Waals surface area contributed by atoms with E-state index in [-0.39, 0.29) is 19.1 Å². The van der Waals surface area contributed by atoms with E-state index in [4.69, 9.17) is 81.3 Å². The van der Waals surface area contributed by atoms with E-state index in [1.165, 1.54) is 6.42 Å². The fourth-order valence-corrected chi connectivity index (χ4v) is 5.87. The van der Waals surface area contributed by atoms with Crippen LogP contribution in [0, 0.1) is 0 Å². The molecule has 0 radical (unpaired) electrons. The molecule has 0 aromatic carbocycles. The van der Waals surface area contributed by atoms with Crippen LogP contribution in [0.4, 0.5) is 0 Å². The van der Waals surface area contributed by atoms with Crippen molar-refractivity contribution in [3.8, 4) is 0 Å². The molecule has 0 aliphatic carbocycles. The number of hydrogen-bond acceptors (Lipinski definition) is 18. The van der Waals surface area contributed by atoms with Crippen molar-refractivity contribution >= 4 is 5.97 Å². The maximum Gasteiger partial charge on any atom is 0.303 e. The van der Waals surface area contributed by atoms with Crippen LogP contribution in [0.15, 0.2) is 0 Å². The largest absolute Gasteiger partial charge is 0.481 e. The van der Waals surface area contributed by atoms with Crippen LogP contribution < -0.4 is 0 Å². The van der Waals surface area contributed by atoms with E-state index in [1.807, 2.05) is 0 Å². The van der Waals surface area contributed by atoms with Gasteiger partial charge in [0.25, 0.3) is 0 Å². The molecule has 0 saturated carbocycles. The first kappa shape index (κ1) is 64.8. The Balaban J connectivity index is 3.11. The van der Waals surface area contributed by atoms with E-state index < -0.39 is 5.97 Å². The summed E-state index contributed by atoms with van der Waals surface area (Å²) in [5.74, 6) is -0.704. The van der Waals surface area contributed by atoms with Crippen LogP contribution in [-0.4, -0.2) is 232 Å². The highest BCUT2D eigenvalue weighted by atomic mass is 16.6. The highest BCUT2D eigenvalue weighted by molar-refractivity contribution is 5.66. The van der Waals surface area contributed by atoms with Crippen molar-refractivity contribution in [1.82, 2.24) is 0 Å². The molecule has 1 atom stereocenters. The fraction of sp³-hybridized carbons (Fsp3) is 0.979. The van der Waals surface area contributed by atoms with Crippen molar-refractivity contribution in [2.24, 2.45) is 0 Å². The Bertz CT molecular complexity index is 896. The first-order valence-corrected chi connectivity index (χ1v) is 24.8. The molecule has 19 nitrogen and oxygen atoms in total. The van der Waals surface area contributed by atoms with E-state index in [9.17, 15) is 9.90 Å². The number of carbonyl (C=O) groups is 1. The summed E-state index contributed by atoms with van der Waals surface area (Å²) < 4.78 is 82.1. The summed E-state index contributed by atoms with van der Waals surface area (Å²) in [5, 5.41) is 27.4. The Kier molecular flexibility index (Phi) is 58.8. The molecule has 0 rings (SSSR count). The predicted octanol–water partition coefficient (Wildman–Crippen LogP) is 4.13. The van der Waals surface area contributed by atoms with Gasteiger partial charge in [-0.1, -0.05) is 57.8 Å². The van der Waals surface area contributed by atoms with Crippen LogP contribution >= 0.6 is 0 Å². The third kappa shape index (κ3) is 60.8. The molecule has 0 heterocycles. The van der Waals surface area contributed by atoms with Gasteiger partial charge in [0.2, 0.25) is 0 Å². The average molecular weight is 963 g/mol. The molecule has 0 unspecified atom stereocenters. The van der Waals surface area contributed by atoms with E-state index in [0.29, 0.717) is 192 Å². The van der Waals surface area contributed by atoms with Crippen molar-refractivity contribution in [1.29, 1.82) is 0 Å². The minimum atomic E-state index is -0.704. The molecular weight excluding hydrogens is 868 g/mol. The molecule has 66 heavy (non-hydrogen) atoms. The van der Waals surface area contributed by atoms with Gasteiger partial charge < -0.3 is 86.4 Å². The predicted molar refractivity (Wildman–Crippen MR) is 248 cm³/mol. The Morgan fingerprint density at radius 3 is 0.712 bits per heavy atom. The van der Waals surface area contributed by atoms with Gasteiger partial charge in [-0.2, -0.15) is 0 Å². The lowest BCUT2D eigenvalue weighted by atomic mass is 10.0. The molecule has 3 N–H and O–H groups in total. The van der Waals surface area contributed by atoms with E-state index in [1.54, 1.807) is 0 Å². The van der Waals surface area contributed by atoms with Crippen LogP contribution in [0.25, 0.3) is 0 Å². The van der Waals surface area contributed by atoms with Crippen molar-refractivity contribution < 1.29 is 91.2 Å². The fourth-order valence-electron chi connectivity index (χ4n) is 5.87. The summed E-state index contributed by atoms with van der Waals surface area (Å²) in [7, 11) is 0. The van der Waals surface area contributed by atoms with Crippen molar-refractivity contribution in [2.45, 2.75) is 96.0 Å². The first-order valence-electron chi connectivity index (χ1n) is 24.8. The van der Waals surface area contributed by atoms with Crippen LogP contribution in [0.3, 0.4) is 0 Å². The normalized spacial score (nSPS) is 12.2. The lowest BCUT2D eigenvalue weighted by Gasteiger charge is -2.10. The van der Waals surface area contributed by atoms with Crippen LogP contribution in [0.5, 0.6) is 0 Å². The molecule has 0 amide bonds. The number of unbranched alkanes of at least 4 members (excludes halogenated alkanes) is 9. The average Bonchev–Trinajstić information content (AvgIpc) is 3.31. The Morgan fingerprint density at radius 1 is 0.273 bits per heavy atom. The smallest absolute Gasteiger partial charge is 0.303 e. The van der Waals surface area contributed by atoms with Gasteiger partial charge in [-0.05, 0) is 25.7 Å². The number of rotatable bonds is 61. The Morgan fingerprint density at radius 2 is 0.470 bits per heavy atom. The van der Waals surface area contributed by atoms with Crippen LogP contribution in [0.2, 0.25) is 0 Å². The Labute approximate surface area is 397 Å². The van der Waals surface area contributed by atoms with Gasteiger partial charge in [0.1, 0.15) is 0 Å². The van der Waals surface area contributed by atoms with Gasteiger partial charge in [-0.25, -0.2) is 0 Å². The molecule has 0 saturated heterocycles. The van der Waals surface area contributed by atoms with Gasteiger partial charge in [0, 0.05) is 13.0 Å². The molecule has 19 heteroatoms. The summed E-state index contributed by atoms with van der Waals surface area (Å²) in [6, 6.07) is 0. The third-order valence-corrected chi connectivity index (χ3v) is 9.45. The number of aliphatic hydroxyl groups excluding tert-OH is 2. The maximum absolute atomic E-state index is 10.5. The summed E-state index contributed by atoms with van der Waals surface area (Å²) in [4.78, 5) is 10.5. The highest BCUT2D eigenvalue weighted by Gasteiger charge is 2.05. The zero-order chi connectivity index (χ0) is 47.6. The Hall–Kier alpha value is -1.21.